The highest BCUT2D eigenvalue weighted by Gasteiger charge is 2.25. The van der Waals surface area contributed by atoms with Gasteiger partial charge in [-0.3, -0.25) is 14.3 Å². The Kier molecular flexibility index (Phi) is 7.40. The molecule has 1 saturated heterocycles. The molecule has 7 heteroatoms. The number of nitrogens with zero attached hydrogens (tertiary/aromatic N) is 3. The number of benzene rings is 2. The lowest BCUT2D eigenvalue weighted by Gasteiger charge is -2.32. The summed E-state index contributed by atoms with van der Waals surface area (Å²) in [5.41, 5.74) is 2.45. The smallest absolute Gasteiger partial charge is 0.257 e. The van der Waals surface area contributed by atoms with Crippen molar-refractivity contribution >= 4 is 11.8 Å². The molecule has 0 spiro atoms. The summed E-state index contributed by atoms with van der Waals surface area (Å²) < 4.78 is 7.86. The molecule has 4 rings (SSSR count). The number of likely N-dealkylation sites (tertiary alicyclic amines) is 1. The summed E-state index contributed by atoms with van der Waals surface area (Å²) in [6.45, 7) is 4.65. The molecule has 0 saturated carbocycles. The summed E-state index contributed by atoms with van der Waals surface area (Å²) >= 11 is 0. The molecule has 0 bridgehead atoms. The minimum Gasteiger partial charge on any atom is -0.490 e. The molecule has 1 aromatic heterocycles. The number of piperidine rings is 1. The average Bonchev–Trinajstić information content (AvgIpc) is 3.35. The maximum atomic E-state index is 12.6. The molecule has 1 aliphatic heterocycles. The summed E-state index contributed by atoms with van der Waals surface area (Å²) in [5, 5.41) is 7.15. The number of aromatic nitrogens is 2. The second-order valence-electron chi connectivity index (χ2n) is 8.21. The zero-order valence-corrected chi connectivity index (χ0v) is 18.9. The van der Waals surface area contributed by atoms with Gasteiger partial charge < -0.3 is 15.0 Å². The van der Waals surface area contributed by atoms with Crippen LogP contribution in [0.3, 0.4) is 0 Å². The summed E-state index contributed by atoms with van der Waals surface area (Å²) in [7, 11) is 0. The van der Waals surface area contributed by atoms with Crippen molar-refractivity contribution in [1.29, 1.82) is 0 Å². The van der Waals surface area contributed by atoms with Gasteiger partial charge in [-0.15, -0.1) is 0 Å². The molecule has 7 nitrogen and oxygen atoms in total. The van der Waals surface area contributed by atoms with Crippen molar-refractivity contribution in [3.8, 4) is 5.75 Å². The highest BCUT2D eigenvalue weighted by atomic mass is 16.5. The maximum Gasteiger partial charge on any atom is 0.257 e. The quantitative estimate of drug-likeness (QED) is 0.574. The van der Waals surface area contributed by atoms with Crippen LogP contribution in [0.25, 0.3) is 0 Å². The minimum absolute atomic E-state index is 0.0239. The number of rotatable bonds is 8. The average molecular weight is 447 g/mol. The standard InChI is InChI=1S/C26H30N4O3/c1-2-30-19-22(18-28-30)26(32)29-16-13-24(14-17-29)33-23-10-8-21(9-11-23)25(31)27-15-12-20-6-4-3-5-7-20/h3-11,18-19,24H,2,12-17H2,1H3,(H,27,31). The van der Waals surface area contributed by atoms with E-state index < -0.39 is 0 Å². The monoisotopic (exact) mass is 446 g/mol. The summed E-state index contributed by atoms with van der Waals surface area (Å²) in [6, 6.07) is 17.3. The lowest BCUT2D eigenvalue weighted by molar-refractivity contribution is 0.0595. The number of hydrogen-bond donors (Lipinski definition) is 1. The highest BCUT2D eigenvalue weighted by molar-refractivity contribution is 5.94. The molecular formula is C26H30N4O3. The SMILES string of the molecule is CCn1cc(C(=O)N2CCC(Oc3ccc(C(=O)NCCc4ccccc4)cc3)CC2)cn1. The van der Waals surface area contributed by atoms with E-state index in [1.165, 1.54) is 5.56 Å². The molecule has 2 aromatic carbocycles. The molecule has 0 aliphatic carbocycles. The van der Waals surface area contributed by atoms with Crippen LogP contribution in [0.15, 0.2) is 67.0 Å². The van der Waals surface area contributed by atoms with Crippen molar-refractivity contribution in [2.45, 2.75) is 38.8 Å². The number of hydrogen-bond acceptors (Lipinski definition) is 4. The van der Waals surface area contributed by atoms with E-state index in [4.69, 9.17) is 4.74 Å². The van der Waals surface area contributed by atoms with E-state index in [9.17, 15) is 9.59 Å². The van der Waals surface area contributed by atoms with Crippen LogP contribution in [-0.2, 0) is 13.0 Å². The van der Waals surface area contributed by atoms with E-state index in [0.29, 0.717) is 30.8 Å². The molecule has 1 N–H and O–H groups in total. The fourth-order valence-corrected chi connectivity index (χ4v) is 3.95. The third-order valence-corrected chi connectivity index (χ3v) is 5.89. The van der Waals surface area contributed by atoms with Crippen LogP contribution in [-0.4, -0.2) is 52.2 Å². The lowest BCUT2D eigenvalue weighted by atomic mass is 10.1. The maximum absolute atomic E-state index is 12.6. The Labute approximate surface area is 194 Å². The molecule has 2 heterocycles. The van der Waals surface area contributed by atoms with Crippen molar-refractivity contribution < 1.29 is 14.3 Å². The van der Waals surface area contributed by atoms with Crippen molar-refractivity contribution in [3.63, 3.8) is 0 Å². The number of ether oxygens (including phenoxy) is 1. The van der Waals surface area contributed by atoms with Gasteiger partial charge in [-0.1, -0.05) is 30.3 Å². The summed E-state index contributed by atoms with van der Waals surface area (Å²) in [6.07, 6.45) is 5.83. The molecule has 0 radical (unpaired) electrons. The first-order valence-electron chi connectivity index (χ1n) is 11.5. The van der Waals surface area contributed by atoms with Crippen molar-refractivity contribution in [2.75, 3.05) is 19.6 Å². The van der Waals surface area contributed by atoms with Crippen molar-refractivity contribution in [1.82, 2.24) is 20.0 Å². The molecular weight excluding hydrogens is 416 g/mol. The zero-order chi connectivity index (χ0) is 23.0. The minimum atomic E-state index is -0.0873. The zero-order valence-electron chi connectivity index (χ0n) is 18.9. The first kappa shape index (κ1) is 22.6. The van der Waals surface area contributed by atoms with Crippen molar-refractivity contribution in [2.24, 2.45) is 0 Å². The molecule has 1 fully saturated rings. The second kappa shape index (κ2) is 10.8. The Bertz CT molecular complexity index is 1050. The van der Waals surface area contributed by atoms with Crippen LogP contribution in [0.2, 0.25) is 0 Å². The normalized spacial score (nSPS) is 14.2. The largest absolute Gasteiger partial charge is 0.490 e. The number of nitrogens with one attached hydrogen (secondary N) is 1. The molecule has 0 unspecified atom stereocenters. The topological polar surface area (TPSA) is 76.5 Å². The Morgan fingerprint density at radius 2 is 1.76 bits per heavy atom. The fourth-order valence-electron chi connectivity index (χ4n) is 3.95. The van der Waals surface area contributed by atoms with Gasteiger partial charge in [-0.25, -0.2) is 0 Å². The third kappa shape index (κ3) is 6.00. The van der Waals surface area contributed by atoms with E-state index in [2.05, 4.69) is 22.5 Å². The van der Waals surface area contributed by atoms with Crippen molar-refractivity contribution in [3.05, 3.63) is 83.7 Å². The van der Waals surface area contributed by atoms with Crippen LogP contribution in [0.1, 0.15) is 46.0 Å². The predicted molar refractivity (Wildman–Crippen MR) is 126 cm³/mol. The van der Waals surface area contributed by atoms with Gasteiger partial charge in [0.2, 0.25) is 0 Å². The van der Waals surface area contributed by atoms with Crippen LogP contribution in [0.4, 0.5) is 0 Å². The van der Waals surface area contributed by atoms with E-state index in [-0.39, 0.29) is 17.9 Å². The van der Waals surface area contributed by atoms with E-state index >= 15 is 0 Å². The Morgan fingerprint density at radius 3 is 2.42 bits per heavy atom. The van der Waals surface area contributed by atoms with E-state index in [1.54, 1.807) is 29.2 Å². The lowest BCUT2D eigenvalue weighted by Crippen LogP contribution is -2.41. The fraction of sp³-hybridized carbons (Fsp3) is 0.346. The van der Waals surface area contributed by atoms with Gasteiger partial charge in [-0.2, -0.15) is 5.10 Å². The first-order valence-corrected chi connectivity index (χ1v) is 11.5. The summed E-state index contributed by atoms with van der Waals surface area (Å²) in [5.74, 6) is 0.677. The number of carbonyl (C=O) groups excluding carboxylic acids is 2. The molecule has 33 heavy (non-hydrogen) atoms. The molecule has 3 aromatic rings. The van der Waals surface area contributed by atoms with Crippen LogP contribution < -0.4 is 10.1 Å². The highest BCUT2D eigenvalue weighted by Crippen LogP contribution is 2.21. The van der Waals surface area contributed by atoms with Crippen LogP contribution in [0, 0.1) is 0 Å². The molecule has 172 valence electrons. The number of carbonyl (C=O) groups is 2. The van der Waals surface area contributed by atoms with E-state index in [0.717, 1.165) is 31.6 Å². The van der Waals surface area contributed by atoms with Crippen LogP contribution >= 0.6 is 0 Å². The summed E-state index contributed by atoms with van der Waals surface area (Å²) in [4.78, 5) is 26.9. The first-order chi connectivity index (χ1) is 16.1. The van der Waals surface area contributed by atoms with E-state index in [1.807, 2.05) is 42.2 Å². The molecule has 2 amide bonds. The third-order valence-electron chi connectivity index (χ3n) is 5.89. The van der Waals surface area contributed by atoms with Gasteiger partial charge in [-0.05, 0) is 43.2 Å². The Morgan fingerprint density at radius 1 is 1.03 bits per heavy atom. The predicted octanol–water partition coefficient (Wildman–Crippen LogP) is 3.56. The van der Waals surface area contributed by atoms with Crippen LogP contribution in [0.5, 0.6) is 5.75 Å². The Balaban J connectivity index is 1.21. The molecule has 1 aliphatic rings. The van der Waals surface area contributed by atoms with Gasteiger partial charge in [0.15, 0.2) is 0 Å². The molecule has 0 atom stereocenters. The van der Waals surface area contributed by atoms with Gasteiger partial charge in [0.25, 0.3) is 11.8 Å². The van der Waals surface area contributed by atoms with Gasteiger partial charge >= 0.3 is 0 Å². The van der Waals surface area contributed by atoms with Gasteiger partial charge in [0, 0.05) is 50.8 Å². The number of amides is 2. The Hall–Kier alpha value is -3.61. The van der Waals surface area contributed by atoms with Gasteiger partial charge in [0.1, 0.15) is 11.9 Å². The number of aryl methyl sites for hydroxylation is 1. The second-order valence-corrected chi connectivity index (χ2v) is 8.21. The van der Waals surface area contributed by atoms with Gasteiger partial charge in [0.05, 0.1) is 11.8 Å².